The molecular formula is C19H19F4N5OS. The van der Waals surface area contributed by atoms with Crippen molar-refractivity contribution in [1.29, 1.82) is 0 Å². The number of ether oxygens (including phenoxy) is 1. The van der Waals surface area contributed by atoms with Gasteiger partial charge in [0, 0.05) is 23.5 Å². The minimum absolute atomic E-state index is 0.146. The summed E-state index contributed by atoms with van der Waals surface area (Å²) in [5, 5.41) is 2.64. The van der Waals surface area contributed by atoms with Gasteiger partial charge >= 0.3 is 6.18 Å². The first-order valence-electron chi connectivity index (χ1n) is 9.30. The van der Waals surface area contributed by atoms with Gasteiger partial charge in [0.25, 0.3) is 0 Å². The number of aromatic nitrogens is 3. The Labute approximate surface area is 173 Å². The molecule has 160 valence electrons. The van der Waals surface area contributed by atoms with Crippen molar-refractivity contribution in [2.24, 2.45) is 0 Å². The van der Waals surface area contributed by atoms with E-state index in [9.17, 15) is 17.6 Å². The van der Waals surface area contributed by atoms with E-state index in [4.69, 9.17) is 4.74 Å². The third-order valence-electron chi connectivity index (χ3n) is 4.87. The molecule has 0 amide bonds. The Morgan fingerprint density at radius 2 is 1.93 bits per heavy atom. The van der Waals surface area contributed by atoms with E-state index in [1.54, 1.807) is 0 Å². The summed E-state index contributed by atoms with van der Waals surface area (Å²) in [4.78, 5) is 14.6. The van der Waals surface area contributed by atoms with Crippen molar-refractivity contribution >= 4 is 33.1 Å². The van der Waals surface area contributed by atoms with Crippen LogP contribution in [0.1, 0.15) is 24.7 Å². The Bertz CT molecular complexity index is 1050. The van der Waals surface area contributed by atoms with E-state index in [1.165, 1.54) is 18.2 Å². The summed E-state index contributed by atoms with van der Waals surface area (Å²) >= 11 is 0.480. The number of anilines is 2. The molecule has 0 bridgehead atoms. The molecule has 11 heteroatoms. The summed E-state index contributed by atoms with van der Waals surface area (Å²) in [5.74, 6) is 0.293. The lowest BCUT2D eigenvalue weighted by Gasteiger charge is -2.38. The molecule has 1 aliphatic rings. The second kappa shape index (κ2) is 8.05. The fourth-order valence-electron chi connectivity index (χ4n) is 3.41. The first-order valence-corrected chi connectivity index (χ1v) is 10.1. The zero-order chi connectivity index (χ0) is 21.5. The molecule has 1 fully saturated rings. The molecule has 0 spiro atoms. The van der Waals surface area contributed by atoms with Crippen LogP contribution in [-0.2, 0) is 17.5 Å². The van der Waals surface area contributed by atoms with Gasteiger partial charge < -0.3 is 10.1 Å². The molecule has 2 aromatic heterocycles. The number of alkyl halides is 3. The molecule has 0 saturated carbocycles. The zero-order valence-corrected chi connectivity index (χ0v) is 17.0. The molecule has 2 unspecified atom stereocenters. The third kappa shape index (κ3) is 4.37. The highest BCUT2D eigenvalue weighted by Crippen LogP contribution is 2.36. The number of halogens is 4. The van der Waals surface area contributed by atoms with Gasteiger partial charge in [-0.3, -0.25) is 4.90 Å². The van der Waals surface area contributed by atoms with Crippen molar-refractivity contribution in [3.63, 3.8) is 0 Å². The fraction of sp³-hybridized carbons (Fsp3) is 0.421. The predicted molar refractivity (Wildman–Crippen MR) is 105 cm³/mol. The molecule has 3 heterocycles. The van der Waals surface area contributed by atoms with Crippen molar-refractivity contribution in [1.82, 2.24) is 19.9 Å². The van der Waals surface area contributed by atoms with Crippen LogP contribution in [0.3, 0.4) is 0 Å². The van der Waals surface area contributed by atoms with E-state index in [1.807, 2.05) is 13.8 Å². The highest BCUT2D eigenvalue weighted by Gasteiger charge is 2.34. The molecule has 0 aliphatic carbocycles. The highest BCUT2D eigenvalue weighted by atomic mass is 32.1. The Kier molecular flexibility index (Phi) is 5.60. The standard InChI is InChI=1S/C19H19F4N5OS/c1-10-8-29-9-11(2)28(10)7-15-25-14-5-12(20)3-4-13(14)17(26-15)27-16-6-24-18(30-16)19(21,22)23/h3-6,10-11H,7-9H2,1-2H3,(H,25,26,27). The van der Waals surface area contributed by atoms with Crippen LogP contribution in [0.25, 0.3) is 10.9 Å². The van der Waals surface area contributed by atoms with Crippen LogP contribution >= 0.6 is 11.3 Å². The van der Waals surface area contributed by atoms with Crippen LogP contribution in [-0.4, -0.2) is 45.1 Å². The van der Waals surface area contributed by atoms with E-state index < -0.39 is 17.0 Å². The van der Waals surface area contributed by atoms with Crippen LogP contribution in [0, 0.1) is 5.82 Å². The molecule has 4 rings (SSSR count). The van der Waals surface area contributed by atoms with Crippen LogP contribution in [0.4, 0.5) is 28.4 Å². The van der Waals surface area contributed by atoms with Gasteiger partial charge in [0.1, 0.15) is 22.5 Å². The summed E-state index contributed by atoms with van der Waals surface area (Å²) in [6, 6.07) is 4.34. The molecule has 6 nitrogen and oxygen atoms in total. The number of nitrogens with zero attached hydrogens (tertiary/aromatic N) is 4. The maximum atomic E-state index is 13.8. The largest absolute Gasteiger partial charge is 0.443 e. The summed E-state index contributed by atoms with van der Waals surface area (Å²) < 4.78 is 58.0. The van der Waals surface area contributed by atoms with Crippen LogP contribution in [0.2, 0.25) is 0 Å². The smallest absolute Gasteiger partial charge is 0.378 e. The van der Waals surface area contributed by atoms with E-state index in [-0.39, 0.29) is 17.1 Å². The Morgan fingerprint density at radius 1 is 1.20 bits per heavy atom. The molecule has 1 saturated heterocycles. The number of nitrogens with one attached hydrogen (secondary N) is 1. The molecule has 1 aliphatic heterocycles. The van der Waals surface area contributed by atoms with Crippen LogP contribution in [0.15, 0.2) is 24.4 Å². The minimum Gasteiger partial charge on any atom is -0.378 e. The van der Waals surface area contributed by atoms with Crippen molar-refractivity contribution in [2.45, 2.75) is 38.7 Å². The lowest BCUT2D eigenvalue weighted by Crippen LogP contribution is -2.49. The van der Waals surface area contributed by atoms with Gasteiger partial charge in [0.15, 0.2) is 5.01 Å². The van der Waals surface area contributed by atoms with E-state index in [0.717, 1.165) is 6.20 Å². The minimum atomic E-state index is -4.52. The van der Waals surface area contributed by atoms with Gasteiger partial charge in [-0.25, -0.2) is 19.3 Å². The van der Waals surface area contributed by atoms with E-state index >= 15 is 0 Å². The van der Waals surface area contributed by atoms with Crippen LogP contribution in [0.5, 0.6) is 0 Å². The van der Waals surface area contributed by atoms with E-state index in [0.29, 0.717) is 53.6 Å². The second-order valence-corrected chi connectivity index (χ2v) is 8.24. The average molecular weight is 441 g/mol. The molecule has 30 heavy (non-hydrogen) atoms. The number of morpholine rings is 1. The quantitative estimate of drug-likeness (QED) is 0.598. The molecule has 1 aromatic carbocycles. The topological polar surface area (TPSA) is 63.2 Å². The lowest BCUT2D eigenvalue weighted by molar-refractivity contribution is -0.137. The third-order valence-corrected chi connectivity index (χ3v) is 5.83. The Balaban J connectivity index is 1.70. The zero-order valence-electron chi connectivity index (χ0n) is 16.2. The Morgan fingerprint density at radius 3 is 2.60 bits per heavy atom. The number of rotatable bonds is 4. The summed E-state index contributed by atoms with van der Waals surface area (Å²) in [7, 11) is 0. The number of hydrogen-bond acceptors (Lipinski definition) is 7. The predicted octanol–water partition coefficient (Wildman–Crippen LogP) is 4.60. The van der Waals surface area contributed by atoms with Gasteiger partial charge in [0.05, 0.1) is 31.5 Å². The molecule has 3 aromatic rings. The maximum Gasteiger partial charge on any atom is 0.443 e. The van der Waals surface area contributed by atoms with Crippen molar-refractivity contribution in [2.75, 3.05) is 18.5 Å². The number of hydrogen-bond donors (Lipinski definition) is 1. The van der Waals surface area contributed by atoms with Gasteiger partial charge in [-0.2, -0.15) is 13.2 Å². The molecular weight excluding hydrogens is 422 g/mol. The van der Waals surface area contributed by atoms with Crippen molar-refractivity contribution < 1.29 is 22.3 Å². The monoisotopic (exact) mass is 441 g/mol. The fourth-order valence-corrected chi connectivity index (χ4v) is 4.09. The Hall–Kier alpha value is -2.37. The van der Waals surface area contributed by atoms with Gasteiger partial charge in [-0.15, -0.1) is 0 Å². The average Bonchev–Trinajstić information content (AvgIpc) is 3.13. The summed E-state index contributed by atoms with van der Waals surface area (Å²) in [5.41, 5.74) is 0.372. The van der Waals surface area contributed by atoms with Crippen LogP contribution < -0.4 is 5.32 Å². The summed E-state index contributed by atoms with van der Waals surface area (Å²) in [6.07, 6.45) is -3.41. The van der Waals surface area contributed by atoms with E-state index in [2.05, 4.69) is 25.2 Å². The molecule has 1 N–H and O–H groups in total. The second-order valence-electron chi connectivity index (χ2n) is 7.21. The molecule has 0 radical (unpaired) electrons. The first kappa shape index (κ1) is 20.9. The van der Waals surface area contributed by atoms with Crippen molar-refractivity contribution in [3.8, 4) is 0 Å². The van der Waals surface area contributed by atoms with Crippen molar-refractivity contribution in [3.05, 3.63) is 41.0 Å². The maximum absolute atomic E-state index is 13.8. The number of fused-ring (bicyclic) bond motifs is 1. The van der Waals surface area contributed by atoms with Gasteiger partial charge in [-0.05, 0) is 26.0 Å². The molecule has 2 atom stereocenters. The summed E-state index contributed by atoms with van der Waals surface area (Å²) in [6.45, 7) is 5.64. The van der Waals surface area contributed by atoms with Gasteiger partial charge in [0.2, 0.25) is 0 Å². The number of thiazole rings is 1. The SMILES string of the molecule is CC1COCC(C)N1Cc1nc(Nc2cnc(C(F)(F)F)s2)c2ccc(F)cc2n1. The first-order chi connectivity index (χ1) is 14.2. The number of benzene rings is 1. The highest BCUT2D eigenvalue weighted by molar-refractivity contribution is 7.15. The van der Waals surface area contributed by atoms with Gasteiger partial charge in [-0.1, -0.05) is 11.3 Å². The lowest BCUT2D eigenvalue weighted by atomic mass is 10.1. The normalized spacial score (nSPS) is 20.6.